The van der Waals surface area contributed by atoms with Crippen LogP contribution >= 0.6 is 15.9 Å². The summed E-state index contributed by atoms with van der Waals surface area (Å²) in [6.45, 7) is 1.29. The number of hydrogen-bond acceptors (Lipinski definition) is 1. The first-order valence-corrected chi connectivity index (χ1v) is 7.09. The lowest BCUT2D eigenvalue weighted by Gasteiger charge is -2.27. The van der Waals surface area contributed by atoms with Gasteiger partial charge >= 0.3 is 12.2 Å². The van der Waals surface area contributed by atoms with Crippen molar-refractivity contribution in [2.24, 2.45) is 0 Å². The molecule has 1 saturated heterocycles. The molecule has 1 N–H and O–H groups in total. The van der Waals surface area contributed by atoms with E-state index in [4.69, 9.17) is 0 Å². The van der Waals surface area contributed by atoms with Gasteiger partial charge in [-0.25, -0.2) is 4.79 Å². The minimum atomic E-state index is -4.44. The molecule has 0 aliphatic carbocycles. The molecule has 0 bridgehead atoms. The van der Waals surface area contributed by atoms with Crippen LogP contribution in [0.15, 0.2) is 22.7 Å². The highest BCUT2D eigenvalue weighted by atomic mass is 79.9. The molecule has 1 aliphatic heterocycles. The molecule has 110 valence electrons. The van der Waals surface area contributed by atoms with Gasteiger partial charge in [-0.3, -0.25) is 0 Å². The van der Waals surface area contributed by atoms with Gasteiger partial charge in [-0.2, -0.15) is 13.2 Å². The normalized spacial score (nSPS) is 16.1. The van der Waals surface area contributed by atoms with Crippen LogP contribution in [-0.2, 0) is 6.18 Å². The summed E-state index contributed by atoms with van der Waals surface area (Å²) >= 11 is 3.03. The van der Waals surface area contributed by atoms with Gasteiger partial charge in [0.2, 0.25) is 0 Å². The van der Waals surface area contributed by atoms with E-state index in [0.29, 0.717) is 13.1 Å². The number of halogens is 4. The SMILES string of the molecule is O=C(Nc1cc(Br)cc(C(F)(F)F)c1)N1CCCCC1. The van der Waals surface area contributed by atoms with Gasteiger partial charge in [-0.15, -0.1) is 0 Å². The van der Waals surface area contributed by atoms with Crippen molar-refractivity contribution in [3.63, 3.8) is 0 Å². The van der Waals surface area contributed by atoms with Gasteiger partial charge < -0.3 is 10.2 Å². The molecular weight excluding hydrogens is 337 g/mol. The Morgan fingerprint density at radius 3 is 2.40 bits per heavy atom. The molecule has 3 nitrogen and oxygen atoms in total. The zero-order valence-electron chi connectivity index (χ0n) is 10.6. The third-order valence-electron chi connectivity index (χ3n) is 3.12. The van der Waals surface area contributed by atoms with E-state index in [-0.39, 0.29) is 16.2 Å². The van der Waals surface area contributed by atoms with E-state index in [2.05, 4.69) is 21.2 Å². The molecule has 1 aliphatic rings. The van der Waals surface area contributed by atoms with Crippen LogP contribution in [-0.4, -0.2) is 24.0 Å². The van der Waals surface area contributed by atoms with Gasteiger partial charge in [-0.05, 0) is 37.5 Å². The van der Waals surface area contributed by atoms with E-state index in [0.717, 1.165) is 31.4 Å². The van der Waals surface area contributed by atoms with Crippen molar-refractivity contribution in [2.45, 2.75) is 25.4 Å². The number of likely N-dealkylation sites (tertiary alicyclic amines) is 1. The lowest BCUT2D eigenvalue weighted by molar-refractivity contribution is -0.137. The first-order valence-electron chi connectivity index (χ1n) is 6.30. The fourth-order valence-electron chi connectivity index (χ4n) is 2.12. The van der Waals surface area contributed by atoms with Crippen LogP contribution in [0.3, 0.4) is 0 Å². The molecule has 20 heavy (non-hydrogen) atoms. The van der Waals surface area contributed by atoms with E-state index in [9.17, 15) is 18.0 Å². The van der Waals surface area contributed by atoms with Crippen molar-refractivity contribution >= 4 is 27.6 Å². The zero-order valence-corrected chi connectivity index (χ0v) is 12.2. The van der Waals surface area contributed by atoms with Crippen LogP contribution in [0.25, 0.3) is 0 Å². The number of rotatable bonds is 1. The summed E-state index contributed by atoms with van der Waals surface area (Å²) in [6.07, 6.45) is -1.49. The number of amides is 2. The van der Waals surface area contributed by atoms with Gasteiger partial charge in [0.05, 0.1) is 5.56 Å². The Balaban J connectivity index is 2.12. The van der Waals surface area contributed by atoms with Crippen molar-refractivity contribution in [2.75, 3.05) is 18.4 Å². The summed E-state index contributed by atoms with van der Waals surface area (Å²) < 4.78 is 38.4. The number of carbonyl (C=O) groups excluding carboxylic acids is 1. The third kappa shape index (κ3) is 3.88. The average molecular weight is 351 g/mol. The number of urea groups is 1. The van der Waals surface area contributed by atoms with Crippen LogP contribution < -0.4 is 5.32 Å². The maximum Gasteiger partial charge on any atom is 0.416 e. The molecule has 0 aromatic heterocycles. The minimum Gasteiger partial charge on any atom is -0.325 e. The average Bonchev–Trinajstić information content (AvgIpc) is 2.38. The monoisotopic (exact) mass is 350 g/mol. The van der Waals surface area contributed by atoms with E-state index >= 15 is 0 Å². The fraction of sp³-hybridized carbons (Fsp3) is 0.462. The molecular formula is C13H14BrF3N2O. The quantitative estimate of drug-likeness (QED) is 0.795. The summed E-state index contributed by atoms with van der Waals surface area (Å²) in [5.74, 6) is 0. The maximum absolute atomic E-state index is 12.7. The molecule has 1 aromatic carbocycles. The lowest BCUT2D eigenvalue weighted by atomic mass is 10.1. The van der Waals surface area contributed by atoms with Crippen LogP contribution in [0.2, 0.25) is 0 Å². The zero-order chi connectivity index (χ0) is 14.8. The van der Waals surface area contributed by atoms with E-state index < -0.39 is 11.7 Å². The van der Waals surface area contributed by atoms with Crippen molar-refractivity contribution < 1.29 is 18.0 Å². The fourth-order valence-corrected chi connectivity index (χ4v) is 2.62. The molecule has 1 heterocycles. The second-order valence-electron chi connectivity index (χ2n) is 4.70. The number of anilines is 1. The number of benzene rings is 1. The number of carbonyl (C=O) groups is 1. The summed E-state index contributed by atoms with van der Waals surface area (Å²) in [5.41, 5.74) is -0.650. The highest BCUT2D eigenvalue weighted by Crippen LogP contribution is 2.33. The Morgan fingerprint density at radius 2 is 1.80 bits per heavy atom. The topological polar surface area (TPSA) is 32.3 Å². The molecule has 1 aromatic rings. The summed E-state index contributed by atoms with van der Waals surface area (Å²) in [6, 6.07) is 3.02. The summed E-state index contributed by atoms with van der Waals surface area (Å²) in [4.78, 5) is 13.6. The predicted octanol–water partition coefficient (Wildman–Crippen LogP) is 4.49. The predicted molar refractivity (Wildman–Crippen MR) is 73.6 cm³/mol. The molecule has 0 atom stereocenters. The first-order chi connectivity index (χ1) is 9.36. The van der Waals surface area contributed by atoms with Gasteiger partial charge in [0.1, 0.15) is 0 Å². The van der Waals surface area contributed by atoms with Crippen molar-refractivity contribution in [1.29, 1.82) is 0 Å². The van der Waals surface area contributed by atoms with E-state index in [1.807, 2.05) is 0 Å². The van der Waals surface area contributed by atoms with Gasteiger partial charge in [0.15, 0.2) is 0 Å². The number of hydrogen-bond donors (Lipinski definition) is 1. The first kappa shape index (κ1) is 15.2. The third-order valence-corrected chi connectivity index (χ3v) is 3.58. The maximum atomic E-state index is 12.7. The molecule has 1 fully saturated rings. The number of alkyl halides is 3. The highest BCUT2D eigenvalue weighted by Gasteiger charge is 2.31. The highest BCUT2D eigenvalue weighted by molar-refractivity contribution is 9.10. The van der Waals surface area contributed by atoms with Crippen LogP contribution in [0.5, 0.6) is 0 Å². The van der Waals surface area contributed by atoms with Gasteiger partial charge in [0.25, 0.3) is 0 Å². The van der Waals surface area contributed by atoms with Crippen LogP contribution in [0, 0.1) is 0 Å². The Kier molecular flexibility index (Phi) is 4.57. The number of nitrogens with zero attached hydrogens (tertiary/aromatic N) is 1. The lowest BCUT2D eigenvalue weighted by Crippen LogP contribution is -2.38. The van der Waals surface area contributed by atoms with E-state index in [1.54, 1.807) is 4.90 Å². The Hall–Kier alpha value is -1.24. The standard InChI is InChI=1S/C13H14BrF3N2O/c14-10-6-9(13(15,16)17)7-11(8-10)18-12(20)19-4-2-1-3-5-19/h6-8H,1-5H2,(H,18,20). The summed E-state index contributed by atoms with van der Waals surface area (Å²) in [7, 11) is 0. The van der Waals surface area contributed by atoms with Gasteiger partial charge in [0, 0.05) is 23.2 Å². The molecule has 0 spiro atoms. The van der Waals surface area contributed by atoms with Crippen LogP contribution in [0.1, 0.15) is 24.8 Å². The Labute approximate surface area is 123 Å². The van der Waals surface area contributed by atoms with E-state index in [1.165, 1.54) is 6.07 Å². The Morgan fingerprint density at radius 1 is 1.15 bits per heavy atom. The molecule has 0 saturated carbocycles. The second-order valence-corrected chi connectivity index (χ2v) is 5.62. The smallest absolute Gasteiger partial charge is 0.325 e. The van der Waals surface area contributed by atoms with Crippen LogP contribution in [0.4, 0.5) is 23.7 Å². The molecule has 2 rings (SSSR count). The van der Waals surface area contributed by atoms with Crippen molar-refractivity contribution in [3.05, 3.63) is 28.2 Å². The Bertz CT molecular complexity index is 499. The number of piperidine rings is 1. The molecule has 2 amide bonds. The second kappa shape index (κ2) is 6.03. The van der Waals surface area contributed by atoms with Gasteiger partial charge in [-0.1, -0.05) is 15.9 Å². The molecule has 0 radical (unpaired) electrons. The number of nitrogens with one attached hydrogen (secondary N) is 1. The molecule has 7 heteroatoms. The molecule has 0 unspecified atom stereocenters. The van der Waals surface area contributed by atoms with Crippen molar-refractivity contribution in [3.8, 4) is 0 Å². The minimum absolute atomic E-state index is 0.141. The summed E-state index contributed by atoms with van der Waals surface area (Å²) in [5, 5.41) is 2.52. The largest absolute Gasteiger partial charge is 0.416 e. The van der Waals surface area contributed by atoms with Crippen molar-refractivity contribution in [1.82, 2.24) is 4.90 Å².